The standard InChI is InChI=1S/C20H19Cl2N3O4S/c1-9(2)10-4-14-11(7-24(3)8-29-14)18-15(10)19(26)25(30-18)17(20(27)28)16-12(21)5-23-6-13(16)22/h4-6,9,17H,7-8H2,1-3H3,(H,27,28). The molecule has 0 spiro atoms. The van der Waals surface area contributed by atoms with Crippen LogP contribution in [0.1, 0.15) is 42.5 Å². The average molecular weight is 468 g/mol. The molecule has 0 fully saturated rings. The highest BCUT2D eigenvalue weighted by molar-refractivity contribution is 7.14. The Bertz CT molecular complexity index is 1200. The Morgan fingerprint density at radius 3 is 2.57 bits per heavy atom. The fourth-order valence-electron chi connectivity index (χ4n) is 3.69. The lowest BCUT2D eigenvalue weighted by Crippen LogP contribution is -2.28. The van der Waals surface area contributed by atoms with Gasteiger partial charge in [0.25, 0.3) is 5.56 Å². The molecule has 1 atom stereocenters. The van der Waals surface area contributed by atoms with Crippen molar-refractivity contribution in [3.05, 3.63) is 55.5 Å². The Morgan fingerprint density at radius 1 is 1.30 bits per heavy atom. The topological polar surface area (TPSA) is 84.7 Å². The van der Waals surface area contributed by atoms with E-state index in [4.69, 9.17) is 27.9 Å². The second-order valence-electron chi connectivity index (χ2n) is 7.57. The molecule has 30 heavy (non-hydrogen) atoms. The summed E-state index contributed by atoms with van der Waals surface area (Å²) in [5, 5.41) is 10.7. The first kappa shape index (κ1) is 21.1. The lowest BCUT2D eigenvalue weighted by molar-refractivity contribution is -0.139. The van der Waals surface area contributed by atoms with Crippen LogP contribution in [0.2, 0.25) is 10.0 Å². The van der Waals surface area contributed by atoms with E-state index in [1.807, 2.05) is 31.9 Å². The molecule has 1 aliphatic heterocycles. The van der Waals surface area contributed by atoms with E-state index in [1.54, 1.807) is 0 Å². The zero-order valence-electron chi connectivity index (χ0n) is 16.5. The van der Waals surface area contributed by atoms with Crippen molar-refractivity contribution < 1.29 is 14.6 Å². The molecule has 3 aromatic rings. The summed E-state index contributed by atoms with van der Waals surface area (Å²) in [7, 11) is 1.92. The maximum atomic E-state index is 13.5. The largest absolute Gasteiger partial charge is 0.479 e. The molecule has 0 saturated carbocycles. The highest BCUT2D eigenvalue weighted by Gasteiger charge is 2.32. The molecule has 1 aliphatic rings. The summed E-state index contributed by atoms with van der Waals surface area (Å²) in [5.74, 6) is -0.454. The summed E-state index contributed by atoms with van der Waals surface area (Å²) in [6.45, 7) is 5.02. The van der Waals surface area contributed by atoms with Gasteiger partial charge in [-0.1, -0.05) is 48.6 Å². The van der Waals surface area contributed by atoms with E-state index in [2.05, 4.69) is 4.98 Å². The highest BCUT2D eigenvalue weighted by Crippen LogP contribution is 2.40. The van der Waals surface area contributed by atoms with E-state index in [0.717, 1.165) is 33.1 Å². The fraction of sp³-hybridized carbons (Fsp3) is 0.350. The quantitative estimate of drug-likeness (QED) is 0.613. The number of carboxylic acid groups (broad SMARTS) is 1. The van der Waals surface area contributed by atoms with Crippen molar-refractivity contribution in [1.29, 1.82) is 0 Å². The number of rotatable bonds is 4. The minimum Gasteiger partial charge on any atom is -0.479 e. The number of pyridine rings is 1. The number of ether oxygens (including phenoxy) is 1. The van der Waals surface area contributed by atoms with E-state index in [1.165, 1.54) is 16.4 Å². The van der Waals surface area contributed by atoms with Gasteiger partial charge in [0.05, 0.1) is 20.1 Å². The van der Waals surface area contributed by atoms with Crippen molar-refractivity contribution in [2.45, 2.75) is 32.4 Å². The van der Waals surface area contributed by atoms with Crippen molar-refractivity contribution in [2.75, 3.05) is 13.8 Å². The number of benzene rings is 1. The third kappa shape index (κ3) is 3.37. The molecular formula is C20H19Cl2N3O4S. The first-order valence-electron chi connectivity index (χ1n) is 9.25. The number of nitrogens with zero attached hydrogens (tertiary/aromatic N) is 3. The molecule has 0 aliphatic carbocycles. The number of carbonyl (C=O) groups is 1. The first-order valence-corrected chi connectivity index (χ1v) is 10.8. The summed E-state index contributed by atoms with van der Waals surface area (Å²) >= 11 is 13.6. The van der Waals surface area contributed by atoms with Crippen LogP contribution < -0.4 is 10.3 Å². The van der Waals surface area contributed by atoms with Gasteiger partial charge in [-0.25, -0.2) is 8.75 Å². The second-order valence-corrected chi connectivity index (χ2v) is 9.37. The van der Waals surface area contributed by atoms with Gasteiger partial charge in [0.1, 0.15) is 12.5 Å². The predicted octanol–water partition coefficient (Wildman–Crippen LogP) is 4.34. The Hall–Kier alpha value is -2.13. The number of carboxylic acids is 1. The van der Waals surface area contributed by atoms with Crippen LogP contribution in [0.25, 0.3) is 10.1 Å². The molecule has 0 amide bonds. The minimum atomic E-state index is -1.36. The number of hydrogen-bond donors (Lipinski definition) is 1. The van der Waals surface area contributed by atoms with Gasteiger partial charge in [-0.2, -0.15) is 0 Å². The van der Waals surface area contributed by atoms with Crippen LogP contribution in [0.4, 0.5) is 0 Å². The van der Waals surface area contributed by atoms with Gasteiger partial charge < -0.3 is 9.84 Å². The Balaban J connectivity index is 2.06. The normalized spacial score (nSPS) is 15.3. The van der Waals surface area contributed by atoms with E-state index in [-0.39, 0.29) is 27.1 Å². The average Bonchev–Trinajstić information content (AvgIpc) is 3.01. The van der Waals surface area contributed by atoms with Crippen molar-refractivity contribution in [1.82, 2.24) is 13.8 Å². The predicted molar refractivity (Wildman–Crippen MR) is 117 cm³/mol. The molecule has 158 valence electrons. The van der Waals surface area contributed by atoms with Crippen molar-refractivity contribution in [3.8, 4) is 5.75 Å². The summed E-state index contributed by atoms with van der Waals surface area (Å²) in [6, 6.07) is 0.534. The van der Waals surface area contributed by atoms with Crippen LogP contribution in [-0.4, -0.2) is 38.7 Å². The number of fused-ring (bicyclic) bond motifs is 3. The van der Waals surface area contributed by atoms with Crippen LogP contribution in [0.3, 0.4) is 0 Å². The molecule has 4 rings (SSSR count). The zero-order valence-corrected chi connectivity index (χ0v) is 18.8. The Morgan fingerprint density at radius 2 is 1.97 bits per heavy atom. The van der Waals surface area contributed by atoms with Crippen LogP contribution in [-0.2, 0) is 11.3 Å². The summed E-state index contributed by atoms with van der Waals surface area (Å²) < 4.78 is 7.83. The number of aromatic nitrogens is 2. The number of hydrogen-bond acceptors (Lipinski definition) is 6. The third-order valence-electron chi connectivity index (χ3n) is 5.10. The maximum absolute atomic E-state index is 13.5. The molecule has 3 heterocycles. The van der Waals surface area contributed by atoms with Gasteiger partial charge in [0.15, 0.2) is 6.04 Å². The van der Waals surface area contributed by atoms with Gasteiger partial charge in [-0.15, -0.1) is 0 Å². The lowest BCUT2D eigenvalue weighted by atomic mass is 9.96. The molecule has 1 N–H and O–H groups in total. The SMILES string of the molecule is CC(C)c1cc2c(c3sn(C(C(=O)O)c4c(Cl)cncc4Cl)c(=O)c13)CN(C)CO2. The molecule has 7 nitrogen and oxygen atoms in total. The van der Waals surface area contributed by atoms with E-state index >= 15 is 0 Å². The van der Waals surface area contributed by atoms with Gasteiger partial charge in [-0.05, 0) is 24.6 Å². The van der Waals surface area contributed by atoms with E-state index < -0.39 is 12.0 Å². The maximum Gasteiger partial charge on any atom is 0.332 e. The number of aliphatic carboxylic acids is 1. The van der Waals surface area contributed by atoms with E-state index in [9.17, 15) is 14.7 Å². The van der Waals surface area contributed by atoms with Gasteiger partial charge in [-0.3, -0.25) is 14.7 Å². The van der Waals surface area contributed by atoms with Crippen LogP contribution >= 0.6 is 34.7 Å². The van der Waals surface area contributed by atoms with Gasteiger partial charge >= 0.3 is 5.97 Å². The van der Waals surface area contributed by atoms with Crippen molar-refractivity contribution in [3.63, 3.8) is 0 Å². The van der Waals surface area contributed by atoms with Gasteiger partial charge in [0.2, 0.25) is 0 Å². The number of halogens is 2. The van der Waals surface area contributed by atoms with E-state index in [0.29, 0.717) is 18.7 Å². The van der Waals surface area contributed by atoms with Crippen molar-refractivity contribution in [2.24, 2.45) is 0 Å². The molecule has 10 heteroatoms. The summed E-state index contributed by atoms with van der Waals surface area (Å²) in [6.07, 6.45) is 2.64. The monoisotopic (exact) mass is 467 g/mol. The zero-order chi connectivity index (χ0) is 21.7. The van der Waals surface area contributed by atoms with Crippen LogP contribution in [0.5, 0.6) is 5.75 Å². The molecule has 0 bridgehead atoms. The fourth-order valence-corrected chi connectivity index (χ4v) is 5.50. The molecular weight excluding hydrogens is 449 g/mol. The Labute approximate surface area is 186 Å². The smallest absolute Gasteiger partial charge is 0.332 e. The summed E-state index contributed by atoms with van der Waals surface area (Å²) in [5.41, 5.74) is 1.46. The van der Waals surface area contributed by atoms with Crippen LogP contribution in [0, 0.1) is 0 Å². The highest BCUT2D eigenvalue weighted by atomic mass is 35.5. The first-order chi connectivity index (χ1) is 14.2. The molecule has 2 aromatic heterocycles. The second kappa shape index (κ2) is 7.85. The molecule has 0 saturated heterocycles. The van der Waals surface area contributed by atoms with Crippen LogP contribution in [0.15, 0.2) is 23.3 Å². The van der Waals surface area contributed by atoms with Crippen molar-refractivity contribution >= 4 is 50.8 Å². The molecule has 1 unspecified atom stereocenters. The van der Waals surface area contributed by atoms with Gasteiger partial charge in [0, 0.05) is 30.1 Å². The lowest BCUT2D eigenvalue weighted by Gasteiger charge is -2.26. The minimum absolute atomic E-state index is 0.0492. The molecule has 1 aromatic carbocycles. The Kier molecular flexibility index (Phi) is 5.52. The molecule has 0 radical (unpaired) electrons. The summed E-state index contributed by atoms with van der Waals surface area (Å²) in [4.78, 5) is 31.7. The third-order valence-corrected chi connectivity index (χ3v) is 6.91.